The van der Waals surface area contributed by atoms with E-state index < -0.39 is 0 Å². The molecule has 3 aliphatic rings. The fourth-order valence-electron chi connectivity index (χ4n) is 3.15. The SMILES string of the molecule is CC12CC(=O)C(CC1=O)C(C)(C)C2. The van der Waals surface area contributed by atoms with Crippen LogP contribution in [-0.4, -0.2) is 11.6 Å². The maximum absolute atomic E-state index is 11.7. The van der Waals surface area contributed by atoms with Crippen LogP contribution >= 0.6 is 0 Å². The van der Waals surface area contributed by atoms with Gasteiger partial charge in [-0.3, -0.25) is 9.59 Å². The van der Waals surface area contributed by atoms with Gasteiger partial charge in [0.25, 0.3) is 0 Å². The summed E-state index contributed by atoms with van der Waals surface area (Å²) in [5.74, 6) is 0.608. The van der Waals surface area contributed by atoms with Gasteiger partial charge in [0.15, 0.2) is 0 Å². The van der Waals surface area contributed by atoms with Crippen molar-refractivity contribution in [2.75, 3.05) is 0 Å². The van der Waals surface area contributed by atoms with E-state index in [1.54, 1.807) is 0 Å². The molecule has 3 saturated carbocycles. The molecule has 0 saturated heterocycles. The van der Waals surface area contributed by atoms with Crippen LogP contribution < -0.4 is 0 Å². The summed E-state index contributed by atoms with van der Waals surface area (Å²) in [6, 6.07) is 0. The number of carbonyl (C=O) groups is 2. The number of carbonyl (C=O) groups excluding carboxylic acids is 2. The van der Waals surface area contributed by atoms with Gasteiger partial charge in [-0.15, -0.1) is 0 Å². The number of fused-ring (bicyclic) bond motifs is 3. The molecular formula is C11H16O2. The zero-order chi connectivity index (χ0) is 9.85. The van der Waals surface area contributed by atoms with Crippen molar-refractivity contribution in [3.63, 3.8) is 0 Å². The number of Topliss-reactive ketones (excluding diaryl/α,β-unsaturated/α-hetero) is 2. The molecule has 0 spiro atoms. The van der Waals surface area contributed by atoms with Crippen molar-refractivity contribution >= 4 is 11.6 Å². The first-order valence-corrected chi connectivity index (χ1v) is 4.91. The van der Waals surface area contributed by atoms with Gasteiger partial charge in [-0.05, 0) is 11.8 Å². The van der Waals surface area contributed by atoms with Crippen LogP contribution in [0.1, 0.15) is 40.0 Å². The van der Waals surface area contributed by atoms with Gasteiger partial charge in [0.05, 0.1) is 0 Å². The second kappa shape index (κ2) is 2.23. The molecule has 3 rings (SSSR count). The minimum Gasteiger partial charge on any atom is -0.299 e. The van der Waals surface area contributed by atoms with E-state index in [-0.39, 0.29) is 16.7 Å². The predicted molar refractivity (Wildman–Crippen MR) is 49.2 cm³/mol. The monoisotopic (exact) mass is 180 g/mol. The average Bonchev–Trinajstić information content (AvgIpc) is 1.92. The summed E-state index contributed by atoms with van der Waals surface area (Å²) in [5.41, 5.74) is -0.298. The Morgan fingerprint density at radius 2 is 1.85 bits per heavy atom. The molecule has 2 heteroatoms. The van der Waals surface area contributed by atoms with Crippen LogP contribution in [0.4, 0.5) is 0 Å². The normalized spacial score (nSPS) is 42.5. The molecule has 0 radical (unpaired) electrons. The molecule has 2 unspecified atom stereocenters. The van der Waals surface area contributed by atoms with E-state index in [0.717, 1.165) is 6.42 Å². The predicted octanol–water partition coefficient (Wildman–Crippen LogP) is 1.97. The summed E-state index contributed by atoms with van der Waals surface area (Å²) >= 11 is 0. The molecule has 2 nitrogen and oxygen atoms in total. The fraction of sp³-hybridized carbons (Fsp3) is 0.818. The Morgan fingerprint density at radius 1 is 1.23 bits per heavy atom. The molecule has 13 heavy (non-hydrogen) atoms. The summed E-state index contributed by atoms with van der Waals surface area (Å²) in [4.78, 5) is 23.3. The third-order valence-corrected chi connectivity index (χ3v) is 3.80. The lowest BCUT2D eigenvalue weighted by Gasteiger charge is -2.51. The first-order chi connectivity index (χ1) is 5.85. The van der Waals surface area contributed by atoms with Gasteiger partial charge in [0.1, 0.15) is 11.6 Å². The van der Waals surface area contributed by atoms with E-state index in [2.05, 4.69) is 13.8 Å². The van der Waals surface area contributed by atoms with Crippen molar-refractivity contribution in [3.8, 4) is 0 Å². The van der Waals surface area contributed by atoms with E-state index in [9.17, 15) is 9.59 Å². The minimum atomic E-state index is -0.338. The summed E-state index contributed by atoms with van der Waals surface area (Å²) in [7, 11) is 0. The van der Waals surface area contributed by atoms with E-state index >= 15 is 0 Å². The molecular weight excluding hydrogens is 164 g/mol. The molecule has 0 aromatic heterocycles. The quantitative estimate of drug-likeness (QED) is 0.571. The maximum Gasteiger partial charge on any atom is 0.139 e. The first kappa shape index (κ1) is 8.92. The van der Waals surface area contributed by atoms with Crippen LogP contribution in [0.2, 0.25) is 0 Å². The molecule has 0 heterocycles. The number of hydrogen-bond donors (Lipinski definition) is 0. The fourth-order valence-corrected chi connectivity index (χ4v) is 3.15. The lowest BCUT2D eigenvalue weighted by molar-refractivity contribution is -0.157. The van der Waals surface area contributed by atoms with Crippen molar-refractivity contribution < 1.29 is 9.59 Å². The van der Waals surface area contributed by atoms with Gasteiger partial charge >= 0.3 is 0 Å². The van der Waals surface area contributed by atoms with E-state index in [4.69, 9.17) is 0 Å². The standard InChI is InChI=1S/C11H16O2/c1-10(2)6-11(3)5-8(12)7(10)4-9(11)13/h7H,4-6H2,1-3H3. The molecule has 3 fully saturated rings. The molecule has 0 N–H and O–H groups in total. The van der Waals surface area contributed by atoms with Crippen LogP contribution in [0, 0.1) is 16.7 Å². The highest BCUT2D eigenvalue weighted by atomic mass is 16.1. The zero-order valence-electron chi connectivity index (χ0n) is 8.52. The van der Waals surface area contributed by atoms with Crippen LogP contribution in [0.3, 0.4) is 0 Å². The molecule has 3 aliphatic carbocycles. The van der Waals surface area contributed by atoms with Crippen molar-refractivity contribution in [3.05, 3.63) is 0 Å². The van der Waals surface area contributed by atoms with Gasteiger partial charge in [-0.2, -0.15) is 0 Å². The minimum absolute atomic E-state index is 0.00169. The smallest absolute Gasteiger partial charge is 0.139 e. The third kappa shape index (κ3) is 1.07. The van der Waals surface area contributed by atoms with Gasteiger partial charge in [0, 0.05) is 24.2 Å². The Morgan fingerprint density at radius 3 is 2.31 bits per heavy atom. The third-order valence-electron chi connectivity index (χ3n) is 3.80. The van der Waals surface area contributed by atoms with Crippen LogP contribution in [-0.2, 0) is 9.59 Å². The van der Waals surface area contributed by atoms with E-state index in [0.29, 0.717) is 24.4 Å². The Kier molecular flexibility index (Phi) is 1.53. The lowest BCUT2D eigenvalue weighted by Crippen LogP contribution is -2.54. The van der Waals surface area contributed by atoms with Crippen molar-refractivity contribution in [1.29, 1.82) is 0 Å². The largest absolute Gasteiger partial charge is 0.299 e. The Bertz CT molecular complexity index is 290. The van der Waals surface area contributed by atoms with Crippen LogP contribution in [0.5, 0.6) is 0 Å². The molecule has 0 aliphatic heterocycles. The Labute approximate surface area is 78.7 Å². The van der Waals surface area contributed by atoms with Crippen LogP contribution in [0.15, 0.2) is 0 Å². The number of ketones is 2. The summed E-state index contributed by atoms with van der Waals surface area (Å²) in [6.45, 7) is 6.17. The zero-order valence-corrected chi connectivity index (χ0v) is 8.52. The van der Waals surface area contributed by atoms with E-state index in [1.807, 2.05) is 6.92 Å². The summed E-state index contributed by atoms with van der Waals surface area (Å²) in [5, 5.41) is 0. The van der Waals surface area contributed by atoms with Crippen molar-refractivity contribution in [2.24, 2.45) is 16.7 Å². The molecule has 0 aromatic rings. The maximum atomic E-state index is 11.7. The average molecular weight is 180 g/mol. The molecule has 2 atom stereocenters. The highest BCUT2D eigenvalue weighted by Crippen LogP contribution is 2.54. The highest BCUT2D eigenvalue weighted by molar-refractivity contribution is 6.00. The second-order valence-corrected chi connectivity index (χ2v) is 5.55. The number of hydrogen-bond acceptors (Lipinski definition) is 2. The topological polar surface area (TPSA) is 34.1 Å². The summed E-state index contributed by atoms with van der Waals surface area (Å²) in [6.07, 6.45) is 1.86. The second-order valence-electron chi connectivity index (χ2n) is 5.55. The first-order valence-electron chi connectivity index (χ1n) is 4.91. The summed E-state index contributed by atoms with van der Waals surface area (Å²) < 4.78 is 0. The molecule has 0 aromatic carbocycles. The Balaban J connectivity index is 2.43. The van der Waals surface area contributed by atoms with Gasteiger partial charge in [0.2, 0.25) is 0 Å². The number of rotatable bonds is 0. The van der Waals surface area contributed by atoms with E-state index in [1.165, 1.54) is 0 Å². The van der Waals surface area contributed by atoms with Gasteiger partial charge in [-0.25, -0.2) is 0 Å². The lowest BCUT2D eigenvalue weighted by atomic mass is 9.50. The van der Waals surface area contributed by atoms with Crippen molar-refractivity contribution in [2.45, 2.75) is 40.0 Å². The highest BCUT2D eigenvalue weighted by Gasteiger charge is 2.56. The molecule has 0 amide bonds. The van der Waals surface area contributed by atoms with Gasteiger partial charge in [-0.1, -0.05) is 20.8 Å². The van der Waals surface area contributed by atoms with Gasteiger partial charge < -0.3 is 0 Å². The van der Waals surface area contributed by atoms with Crippen LogP contribution in [0.25, 0.3) is 0 Å². The molecule has 2 bridgehead atoms. The Hall–Kier alpha value is -0.660. The van der Waals surface area contributed by atoms with Crippen molar-refractivity contribution in [1.82, 2.24) is 0 Å². The molecule has 72 valence electrons.